The number of nitrogens with zero attached hydrogens (tertiary/aromatic N) is 3. The summed E-state index contributed by atoms with van der Waals surface area (Å²) in [5.41, 5.74) is 12.6. The van der Waals surface area contributed by atoms with Crippen LogP contribution in [0.15, 0.2) is 47.2 Å². The van der Waals surface area contributed by atoms with Crippen LogP contribution in [0.2, 0.25) is 0 Å². The van der Waals surface area contributed by atoms with Crippen LogP contribution in [-0.4, -0.2) is 22.8 Å². The molecule has 8 heteroatoms. The number of halogens is 1. The number of benzene rings is 1. The minimum absolute atomic E-state index is 0.0177. The van der Waals surface area contributed by atoms with Crippen LogP contribution in [0.1, 0.15) is 32.1 Å². The highest BCUT2D eigenvalue weighted by Crippen LogP contribution is 2.20. The van der Waals surface area contributed by atoms with E-state index in [0.29, 0.717) is 17.2 Å². The maximum atomic E-state index is 13.2. The van der Waals surface area contributed by atoms with Crippen molar-refractivity contribution in [2.75, 3.05) is 0 Å². The molecule has 1 aromatic heterocycles. The van der Waals surface area contributed by atoms with Crippen LogP contribution < -0.4 is 16.8 Å². The van der Waals surface area contributed by atoms with Gasteiger partial charge in [0, 0.05) is 30.3 Å². The molecule has 5 N–H and O–H groups in total. The highest BCUT2D eigenvalue weighted by Gasteiger charge is 2.15. The molecule has 1 aliphatic carbocycles. The summed E-state index contributed by atoms with van der Waals surface area (Å²) in [5.74, 6) is -0.983. The summed E-state index contributed by atoms with van der Waals surface area (Å²) < 4.78 is 13.2. The molecule has 0 bridgehead atoms. The van der Waals surface area contributed by atoms with E-state index in [2.05, 4.69) is 21.9 Å². The Hall–Kier alpha value is -3.47. The number of nitriles is 1. The molecule has 7 nitrogen and oxygen atoms in total. The molecular formula is C20H23FN6O. The van der Waals surface area contributed by atoms with E-state index in [1.165, 1.54) is 37.6 Å². The average Bonchev–Trinajstić information content (AvgIpc) is 2.70. The van der Waals surface area contributed by atoms with E-state index in [1.807, 2.05) is 0 Å². The van der Waals surface area contributed by atoms with Crippen LogP contribution in [0, 0.1) is 17.7 Å². The highest BCUT2D eigenvalue weighted by molar-refractivity contribution is 6.20. The van der Waals surface area contributed by atoms with Gasteiger partial charge in [0.05, 0.1) is 23.0 Å². The molecule has 0 spiro atoms. The van der Waals surface area contributed by atoms with Crippen LogP contribution >= 0.6 is 0 Å². The first kappa shape index (κ1) is 20.8. The summed E-state index contributed by atoms with van der Waals surface area (Å²) >= 11 is 0. The van der Waals surface area contributed by atoms with Crippen LogP contribution in [-0.2, 0) is 4.79 Å². The first-order chi connectivity index (χ1) is 13.5. The van der Waals surface area contributed by atoms with E-state index in [1.54, 1.807) is 18.3 Å². The number of amides is 1. The maximum Gasteiger partial charge on any atom is 0.253 e. The first-order valence-corrected chi connectivity index (χ1v) is 8.94. The second kappa shape index (κ2) is 10.0. The normalized spacial score (nSPS) is 15.5. The molecule has 1 fully saturated rings. The van der Waals surface area contributed by atoms with Crippen molar-refractivity contribution < 1.29 is 9.18 Å². The highest BCUT2D eigenvalue weighted by atomic mass is 19.1. The van der Waals surface area contributed by atoms with E-state index in [0.717, 1.165) is 18.2 Å². The second-order valence-electron chi connectivity index (χ2n) is 6.45. The number of primary amides is 1. The second-order valence-corrected chi connectivity index (χ2v) is 6.45. The minimum Gasteiger partial charge on any atom is -0.387 e. The van der Waals surface area contributed by atoms with Gasteiger partial charge in [-0.25, -0.2) is 14.6 Å². The number of rotatable bonds is 5. The van der Waals surface area contributed by atoms with Crippen molar-refractivity contribution in [3.05, 3.63) is 48.1 Å². The van der Waals surface area contributed by atoms with Crippen LogP contribution in [0.4, 0.5) is 10.1 Å². The smallest absolute Gasteiger partial charge is 0.253 e. The Bertz CT molecular complexity index is 915. The number of aromatic nitrogens is 1. The fraction of sp³-hybridized carbons (Fsp3) is 0.300. The van der Waals surface area contributed by atoms with Gasteiger partial charge in [-0.05, 0) is 31.0 Å². The van der Waals surface area contributed by atoms with Gasteiger partial charge in [0.2, 0.25) is 0 Å². The molecule has 0 aliphatic heterocycles. The van der Waals surface area contributed by atoms with Crippen molar-refractivity contribution in [3.8, 4) is 6.57 Å². The lowest BCUT2D eigenvalue weighted by molar-refractivity contribution is -0.114. The Morgan fingerprint density at radius 1 is 1.25 bits per heavy atom. The summed E-state index contributed by atoms with van der Waals surface area (Å²) in [7, 11) is 0. The first-order valence-electron chi connectivity index (χ1n) is 8.94. The van der Waals surface area contributed by atoms with E-state index >= 15 is 0 Å². The predicted octanol–water partition coefficient (Wildman–Crippen LogP) is 2.79. The Morgan fingerprint density at radius 2 is 1.96 bits per heavy atom. The summed E-state index contributed by atoms with van der Waals surface area (Å²) in [4.78, 5) is 20.2. The van der Waals surface area contributed by atoms with Crippen molar-refractivity contribution >= 4 is 28.3 Å². The molecule has 1 aliphatic rings. The Balaban J connectivity index is 0.00000136. The molecule has 3 rings (SSSR count). The van der Waals surface area contributed by atoms with Crippen molar-refractivity contribution in [1.29, 1.82) is 5.26 Å². The number of pyridine rings is 1. The summed E-state index contributed by atoms with van der Waals surface area (Å²) in [6, 6.07) is 6.35. The third-order valence-electron chi connectivity index (χ3n) is 4.49. The molecule has 146 valence electrons. The molecule has 1 amide bonds. The minimum atomic E-state index is -0.648. The SMILES string of the molecule is C#N.NC(=O)/C(=C/NC1CCCCC1)C(N)=Nc1cnc2cc(F)ccc2c1. The predicted molar refractivity (Wildman–Crippen MR) is 107 cm³/mol. The largest absolute Gasteiger partial charge is 0.387 e. The molecule has 0 unspecified atom stereocenters. The molecule has 1 heterocycles. The van der Waals surface area contributed by atoms with Crippen LogP contribution in [0.5, 0.6) is 0 Å². The number of hydrogen-bond acceptors (Lipinski definition) is 5. The van der Waals surface area contributed by atoms with Gasteiger partial charge < -0.3 is 16.8 Å². The van der Waals surface area contributed by atoms with Gasteiger partial charge in [-0.2, -0.15) is 0 Å². The van der Waals surface area contributed by atoms with Crippen LogP contribution in [0.3, 0.4) is 0 Å². The van der Waals surface area contributed by atoms with E-state index in [-0.39, 0.29) is 17.2 Å². The number of fused-ring (bicyclic) bond motifs is 1. The van der Waals surface area contributed by atoms with Gasteiger partial charge in [-0.1, -0.05) is 19.3 Å². The number of nitrogens with two attached hydrogens (primary N) is 2. The lowest BCUT2D eigenvalue weighted by Gasteiger charge is -2.22. The molecule has 0 radical (unpaired) electrons. The number of carbonyl (C=O) groups excluding carboxylic acids is 1. The number of amidine groups is 1. The van der Waals surface area contributed by atoms with Crippen molar-refractivity contribution in [2.45, 2.75) is 38.1 Å². The summed E-state index contributed by atoms with van der Waals surface area (Å²) in [6.07, 6.45) is 8.74. The monoisotopic (exact) mass is 382 g/mol. The Labute approximate surface area is 163 Å². The topological polar surface area (TPSA) is 130 Å². The third-order valence-corrected chi connectivity index (χ3v) is 4.49. The van der Waals surface area contributed by atoms with Gasteiger partial charge in [-0.3, -0.25) is 9.78 Å². The number of carbonyl (C=O) groups is 1. The molecular weight excluding hydrogens is 359 g/mol. The maximum absolute atomic E-state index is 13.2. The van der Waals surface area contributed by atoms with Crippen molar-refractivity contribution in [2.24, 2.45) is 16.5 Å². The van der Waals surface area contributed by atoms with Gasteiger partial charge >= 0.3 is 0 Å². The number of aliphatic imine (C=N–C) groups is 1. The molecule has 0 saturated heterocycles. The third kappa shape index (κ3) is 5.51. The summed E-state index contributed by atoms with van der Waals surface area (Å²) in [6.45, 7) is 3.50. The summed E-state index contributed by atoms with van der Waals surface area (Å²) in [5, 5.41) is 10.5. The van der Waals surface area contributed by atoms with E-state index in [4.69, 9.17) is 16.7 Å². The van der Waals surface area contributed by atoms with Crippen molar-refractivity contribution in [3.63, 3.8) is 0 Å². The van der Waals surface area contributed by atoms with Crippen molar-refractivity contribution in [1.82, 2.24) is 10.3 Å². The van der Waals surface area contributed by atoms with Crippen LogP contribution in [0.25, 0.3) is 10.9 Å². The molecule has 28 heavy (non-hydrogen) atoms. The zero-order chi connectivity index (χ0) is 20.5. The number of hydrogen-bond donors (Lipinski definition) is 3. The zero-order valence-corrected chi connectivity index (χ0v) is 15.4. The molecule has 2 aromatic rings. The fourth-order valence-corrected chi connectivity index (χ4v) is 3.09. The van der Waals surface area contributed by atoms with Gasteiger partial charge in [0.15, 0.2) is 0 Å². The van der Waals surface area contributed by atoms with Gasteiger partial charge in [0.25, 0.3) is 5.91 Å². The quantitative estimate of drug-likeness (QED) is 0.416. The zero-order valence-electron chi connectivity index (χ0n) is 15.4. The Morgan fingerprint density at radius 3 is 2.64 bits per heavy atom. The Kier molecular flexibility index (Phi) is 7.45. The lowest BCUT2D eigenvalue weighted by atomic mass is 9.95. The van der Waals surface area contributed by atoms with E-state index < -0.39 is 5.91 Å². The molecule has 1 saturated carbocycles. The standard InChI is InChI=1S/C19H22FN5O.CHN/c20-13-7-6-12-8-15(10-24-17(12)9-13)25-18(21)16(19(22)26)11-23-14-4-2-1-3-5-14;1-2/h6-11,14,23H,1-5H2,(H2,21,25)(H2,22,26);1H/b16-11+;. The van der Waals surface area contributed by atoms with E-state index in [9.17, 15) is 9.18 Å². The number of nitrogens with one attached hydrogen (secondary N) is 1. The van der Waals surface area contributed by atoms with Gasteiger partial charge in [-0.15, -0.1) is 0 Å². The fourth-order valence-electron chi connectivity index (χ4n) is 3.09. The van der Waals surface area contributed by atoms with Gasteiger partial charge in [0.1, 0.15) is 11.7 Å². The molecule has 1 aromatic carbocycles. The average molecular weight is 382 g/mol. The molecule has 0 atom stereocenters. The lowest BCUT2D eigenvalue weighted by Crippen LogP contribution is -2.32.